The van der Waals surface area contributed by atoms with E-state index in [2.05, 4.69) is 109 Å². The molecule has 0 N–H and O–H groups in total. The zero-order valence-corrected chi connectivity index (χ0v) is 34.9. The molecule has 3 heterocycles. The third-order valence-electron chi connectivity index (χ3n) is 11.7. The van der Waals surface area contributed by atoms with Crippen LogP contribution in [0, 0.1) is 18.3 Å². The Morgan fingerprint density at radius 2 is 0.828 bits per heavy atom. The predicted octanol–water partition coefficient (Wildman–Crippen LogP) is 14.2. The number of aromatic nitrogens is 5. The van der Waals surface area contributed by atoms with Crippen LogP contribution in [0.5, 0.6) is 0 Å². The Morgan fingerprint density at radius 1 is 0.375 bits per heavy atom. The summed E-state index contributed by atoms with van der Waals surface area (Å²) in [6.45, 7) is 2.13. The van der Waals surface area contributed by atoms with Crippen LogP contribution in [0.3, 0.4) is 0 Å². The Balaban J connectivity index is 1.28. The smallest absolute Gasteiger partial charge is 0.160 e. The number of nitriles is 1. The van der Waals surface area contributed by atoms with E-state index in [1.807, 2.05) is 121 Å². The number of benzene rings is 8. The maximum absolute atomic E-state index is 10.9. The first-order chi connectivity index (χ1) is 31.6. The molecule has 0 aliphatic carbocycles. The van der Waals surface area contributed by atoms with Gasteiger partial charge in [0.05, 0.1) is 51.1 Å². The van der Waals surface area contributed by atoms with Crippen molar-refractivity contribution in [3.05, 3.63) is 223 Å². The maximum Gasteiger partial charge on any atom is 0.160 e. The monoisotopic (exact) mass is 818 g/mol. The molecule has 0 unspecified atom stereocenters. The summed E-state index contributed by atoms with van der Waals surface area (Å²) in [5.41, 5.74) is 14.9. The minimum absolute atomic E-state index is 0.471. The Labute approximate surface area is 371 Å². The van der Waals surface area contributed by atoms with Gasteiger partial charge < -0.3 is 4.57 Å². The molecule has 8 aromatic carbocycles. The summed E-state index contributed by atoms with van der Waals surface area (Å²) < 4.78 is 2.33. The number of hydrogen-bond donors (Lipinski definition) is 0. The number of aryl methyl sites for hydroxylation is 1. The molecule has 0 aliphatic heterocycles. The van der Waals surface area contributed by atoms with Crippen LogP contribution in [0.15, 0.2) is 212 Å². The Bertz CT molecular complexity index is 3290. The molecule has 0 atom stereocenters. The SMILES string of the molecule is Cc1cccc(-c2ccc3c(c2)c2ccccc2n3-c2c(-c3cc(-c4ccccc4)nc(-c4ccccc4)n3)cc(C#N)cc2-c2cc(-c3ccccc3)nc(-c3ccccc3)n2)c1. The third kappa shape index (κ3) is 7.07. The highest BCUT2D eigenvalue weighted by Crippen LogP contribution is 2.44. The first-order valence-corrected chi connectivity index (χ1v) is 21.3. The van der Waals surface area contributed by atoms with Gasteiger partial charge in [-0.2, -0.15) is 5.26 Å². The normalized spacial score (nSPS) is 11.2. The van der Waals surface area contributed by atoms with Crippen LogP contribution in [0.4, 0.5) is 0 Å². The Hall–Kier alpha value is -8.79. The van der Waals surface area contributed by atoms with E-state index in [4.69, 9.17) is 19.9 Å². The zero-order valence-electron chi connectivity index (χ0n) is 34.9. The number of hydrogen-bond acceptors (Lipinski definition) is 5. The lowest BCUT2D eigenvalue weighted by molar-refractivity contribution is 1.14. The van der Waals surface area contributed by atoms with Crippen molar-refractivity contribution in [2.24, 2.45) is 0 Å². The van der Waals surface area contributed by atoms with E-state index in [1.165, 1.54) is 5.56 Å². The van der Waals surface area contributed by atoms with Crippen LogP contribution in [-0.2, 0) is 0 Å². The first-order valence-electron chi connectivity index (χ1n) is 21.3. The van der Waals surface area contributed by atoms with Gasteiger partial charge in [-0.3, -0.25) is 0 Å². The predicted molar refractivity (Wildman–Crippen MR) is 259 cm³/mol. The molecular formula is C58H38N6. The molecule has 0 radical (unpaired) electrons. The van der Waals surface area contributed by atoms with Gasteiger partial charge in [-0.15, -0.1) is 0 Å². The molecule has 11 rings (SSSR count). The molecule has 0 saturated heterocycles. The molecule has 11 aromatic rings. The molecule has 6 nitrogen and oxygen atoms in total. The number of nitrogens with zero attached hydrogens (tertiary/aromatic N) is 6. The van der Waals surface area contributed by atoms with Crippen molar-refractivity contribution in [2.45, 2.75) is 6.92 Å². The van der Waals surface area contributed by atoms with Gasteiger partial charge in [-0.05, 0) is 60.5 Å². The largest absolute Gasteiger partial charge is 0.308 e. The van der Waals surface area contributed by atoms with Crippen LogP contribution >= 0.6 is 0 Å². The van der Waals surface area contributed by atoms with Crippen LogP contribution in [0.25, 0.3) is 106 Å². The van der Waals surface area contributed by atoms with Gasteiger partial charge in [0.25, 0.3) is 0 Å². The molecule has 0 spiro atoms. The highest BCUT2D eigenvalue weighted by atomic mass is 15.0. The van der Waals surface area contributed by atoms with Crippen LogP contribution in [0.1, 0.15) is 11.1 Å². The number of para-hydroxylation sites is 1. The topological polar surface area (TPSA) is 80.3 Å². The van der Waals surface area contributed by atoms with Gasteiger partial charge in [0, 0.05) is 44.2 Å². The summed E-state index contributed by atoms with van der Waals surface area (Å²) in [5.74, 6) is 1.16. The highest BCUT2D eigenvalue weighted by Gasteiger charge is 2.25. The molecule has 64 heavy (non-hydrogen) atoms. The fourth-order valence-electron chi connectivity index (χ4n) is 8.67. The minimum atomic E-state index is 0.471. The van der Waals surface area contributed by atoms with Crippen molar-refractivity contribution >= 4 is 21.8 Å². The zero-order chi connectivity index (χ0) is 43.0. The minimum Gasteiger partial charge on any atom is -0.308 e. The summed E-state index contributed by atoms with van der Waals surface area (Å²) >= 11 is 0. The average Bonchev–Trinajstić information content (AvgIpc) is 3.70. The fourth-order valence-corrected chi connectivity index (χ4v) is 8.67. The van der Waals surface area contributed by atoms with Crippen LogP contribution < -0.4 is 0 Å². The molecule has 300 valence electrons. The second kappa shape index (κ2) is 16.2. The molecule has 6 heteroatoms. The molecule has 0 amide bonds. The second-order valence-corrected chi connectivity index (χ2v) is 15.9. The standard InChI is InChI=1S/C58H38N6/c1-38-17-16-26-44(31-38)45-29-30-55-47(34-45)46-27-14-15-28-54(46)64(55)56-48(52-35-50(40-18-6-2-7-19-40)60-57(62-52)42-22-10-4-11-23-42)32-39(37-59)33-49(56)53-36-51(41-20-8-3-9-21-41)61-58(63-53)43-24-12-5-13-25-43/h2-36H,1H3. The van der Waals surface area contributed by atoms with E-state index in [0.717, 1.165) is 83.4 Å². The van der Waals surface area contributed by atoms with E-state index < -0.39 is 0 Å². The van der Waals surface area contributed by atoms with Crippen molar-refractivity contribution < 1.29 is 0 Å². The lowest BCUT2D eigenvalue weighted by Crippen LogP contribution is -2.05. The third-order valence-corrected chi connectivity index (χ3v) is 11.7. The summed E-state index contributed by atoms with van der Waals surface area (Å²) in [4.78, 5) is 21.0. The summed E-state index contributed by atoms with van der Waals surface area (Å²) in [5, 5.41) is 13.1. The molecule has 0 aliphatic rings. The molecule has 0 bridgehead atoms. The van der Waals surface area contributed by atoms with Crippen molar-refractivity contribution in [1.82, 2.24) is 24.5 Å². The van der Waals surface area contributed by atoms with E-state index in [-0.39, 0.29) is 0 Å². The molecular weight excluding hydrogens is 781 g/mol. The summed E-state index contributed by atoms with van der Waals surface area (Å²) in [7, 11) is 0. The van der Waals surface area contributed by atoms with Crippen molar-refractivity contribution in [1.29, 1.82) is 5.26 Å². The lowest BCUT2D eigenvalue weighted by Gasteiger charge is -2.20. The Morgan fingerprint density at radius 3 is 1.36 bits per heavy atom. The summed E-state index contributed by atoms with van der Waals surface area (Å²) in [6.07, 6.45) is 0. The van der Waals surface area contributed by atoms with E-state index in [1.54, 1.807) is 0 Å². The maximum atomic E-state index is 10.9. The lowest BCUT2D eigenvalue weighted by atomic mass is 9.95. The van der Waals surface area contributed by atoms with Crippen molar-refractivity contribution in [2.75, 3.05) is 0 Å². The summed E-state index contributed by atoms with van der Waals surface area (Å²) in [6, 6.07) is 74.9. The van der Waals surface area contributed by atoms with Gasteiger partial charge in [-0.1, -0.05) is 175 Å². The van der Waals surface area contributed by atoms with Crippen LogP contribution in [-0.4, -0.2) is 24.5 Å². The van der Waals surface area contributed by atoms with Crippen LogP contribution in [0.2, 0.25) is 0 Å². The van der Waals surface area contributed by atoms with Crippen molar-refractivity contribution in [3.8, 4) is 90.7 Å². The van der Waals surface area contributed by atoms with E-state index >= 15 is 0 Å². The van der Waals surface area contributed by atoms with Gasteiger partial charge >= 0.3 is 0 Å². The van der Waals surface area contributed by atoms with Crippen molar-refractivity contribution in [3.63, 3.8) is 0 Å². The van der Waals surface area contributed by atoms with Gasteiger partial charge in [0.15, 0.2) is 11.6 Å². The van der Waals surface area contributed by atoms with Gasteiger partial charge in [-0.25, -0.2) is 19.9 Å². The van der Waals surface area contributed by atoms with Gasteiger partial charge in [0.1, 0.15) is 0 Å². The molecule has 0 fully saturated rings. The second-order valence-electron chi connectivity index (χ2n) is 15.9. The number of rotatable bonds is 8. The number of fused-ring (bicyclic) bond motifs is 3. The Kier molecular flexibility index (Phi) is 9.68. The fraction of sp³-hybridized carbons (Fsp3) is 0.0172. The van der Waals surface area contributed by atoms with E-state index in [9.17, 15) is 5.26 Å². The first kappa shape index (κ1) is 38.2. The highest BCUT2D eigenvalue weighted by molar-refractivity contribution is 6.12. The molecule has 0 saturated carbocycles. The average molecular weight is 819 g/mol. The molecule has 3 aromatic heterocycles. The van der Waals surface area contributed by atoms with E-state index in [0.29, 0.717) is 28.6 Å². The van der Waals surface area contributed by atoms with Gasteiger partial charge in [0.2, 0.25) is 0 Å². The quantitative estimate of drug-likeness (QED) is 0.153.